The standard InChI is InChI=1S/C42H31Cl7N8O7/c1-20(58)37(56-54-30-7-3-5-25(35(30)48)39(60)52-32-17-22(44)9-12-27(32)46)41(62)50-24-11-14-29(34(19-24)64-16-15-43)51-42(63)38(21(2)59)57-55-31-8-4-6-26(36(31)49)40(61)53-33-18-23(45)10-13-28(33)47/h3-14,17-19,37-38H,15-16H2,1-2H3,(H,50,62)(H,51,63)(H,52,60)(H,53,61). The maximum atomic E-state index is 13.5. The number of carbonyl (C=O) groups is 6. The number of carbonyl (C=O) groups excluding carboxylic acids is 6. The van der Waals surface area contributed by atoms with Crippen LogP contribution in [0.25, 0.3) is 0 Å². The lowest BCUT2D eigenvalue weighted by Gasteiger charge is -2.16. The Morgan fingerprint density at radius 3 is 1.48 bits per heavy atom. The van der Waals surface area contributed by atoms with Crippen molar-refractivity contribution < 1.29 is 33.5 Å². The molecule has 2 unspecified atom stereocenters. The molecule has 0 saturated carbocycles. The van der Waals surface area contributed by atoms with Gasteiger partial charge in [-0.2, -0.15) is 20.5 Å². The van der Waals surface area contributed by atoms with Gasteiger partial charge in [-0.3, -0.25) is 28.8 Å². The summed E-state index contributed by atoms with van der Waals surface area (Å²) < 4.78 is 5.72. The maximum Gasteiger partial charge on any atom is 0.258 e. The molecule has 5 aromatic carbocycles. The van der Waals surface area contributed by atoms with E-state index in [9.17, 15) is 28.8 Å². The summed E-state index contributed by atoms with van der Waals surface area (Å²) in [5.41, 5.74) is 0.547. The van der Waals surface area contributed by atoms with Crippen molar-refractivity contribution in [2.75, 3.05) is 33.8 Å². The number of halogens is 7. The smallest absolute Gasteiger partial charge is 0.258 e. The predicted molar refractivity (Wildman–Crippen MR) is 250 cm³/mol. The first-order valence-electron chi connectivity index (χ1n) is 18.3. The third-order valence-electron chi connectivity index (χ3n) is 8.47. The third-order valence-corrected chi connectivity index (χ3v) is 10.5. The molecule has 2 atom stereocenters. The van der Waals surface area contributed by atoms with E-state index in [0.717, 1.165) is 13.8 Å². The summed E-state index contributed by atoms with van der Waals surface area (Å²) in [6.45, 7) is 2.20. The lowest BCUT2D eigenvalue weighted by atomic mass is 10.1. The number of Topliss-reactive ketones (excluding diaryl/α,β-unsaturated/α-hetero) is 2. The molecule has 0 aromatic heterocycles. The van der Waals surface area contributed by atoms with Crippen LogP contribution in [0.1, 0.15) is 34.6 Å². The van der Waals surface area contributed by atoms with Gasteiger partial charge < -0.3 is 26.0 Å². The van der Waals surface area contributed by atoms with Crippen LogP contribution < -0.4 is 26.0 Å². The second kappa shape index (κ2) is 22.8. The molecule has 0 radical (unpaired) electrons. The van der Waals surface area contributed by atoms with Crippen molar-refractivity contribution in [1.29, 1.82) is 0 Å². The molecule has 0 aliphatic rings. The number of alkyl halides is 1. The van der Waals surface area contributed by atoms with E-state index >= 15 is 0 Å². The molecule has 4 amide bonds. The molecule has 64 heavy (non-hydrogen) atoms. The third kappa shape index (κ3) is 13.0. The molecule has 0 spiro atoms. The predicted octanol–water partition coefficient (Wildman–Crippen LogP) is 12.1. The summed E-state index contributed by atoms with van der Waals surface area (Å²) in [5.74, 6) is -4.45. The van der Waals surface area contributed by atoms with E-state index in [1.165, 1.54) is 78.9 Å². The molecule has 5 aromatic rings. The first-order valence-corrected chi connectivity index (χ1v) is 21.1. The summed E-state index contributed by atoms with van der Waals surface area (Å²) in [4.78, 5) is 78.3. The quantitative estimate of drug-likeness (QED) is 0.0402. The minimum absolute atomic E-state index is 0.00884. The van der Waals surface area contributed by atoms with Crippen molar-refractivity contribution in [2.45, 2.75) is 25.9 Å². The van der Waals surface area contributed by atoms with Crippen LogP contribution in [0.15, 0.2) is 111 Å². The van der Waals surface area contributed by atoms with E-state index in [0.29, 0.717) is 10.0 Å². The van der Waals surface area contributed by atoms with Gasteiger partial charge in [0.15, 0.2) is 11.6 Å². The molecule has 0 saturated heterocycles. The Morgan fingerprint density at radius 1 is 0.562 bits per heavy atom. The Hall–Kier alpha value is -5.65. The van der Waals surface area contributed by atoms with Crippen molar-refractivity contribution >= 4 is 151 Å². The van der Waals surface area contributed by atoms with Gasteiger partial charge in [0.05, 0.1) is 54.2 Å². The fourth-order valence-electron chi connectivity index (χ4n) is 5.37. The highest BCUT2D eigenvalue weighted by atomic mass is 35.5. The largest absolute Gasteiger partial charge is 0.490 e. The van der Waals surface area contributed by atoms with Gasteiger partial charge in [0.2, 0.25) is 12.1 Å². The van der Waals surface area contributed by atoms with Gasteiger partial charge in [0.1, 0.15) is 23.7 Å². The molecule has 0 heterocycles. The summed E-state index contributed by atoms with van der Waals surface area (Å²) in [7, 11) is 0. The Balaban J connectivity index is 1.30. The van der Waals surface area contributed by atoms with Crippen LogP contribution in [0.5, 0.6) is 5.75 Å². The maximum absolute atomic E-state index is 13.5. The number of ether oxygens (including phenoxy) is 1. The van der Waals surface area contributed by atoms with Crippen LogP contribution in [-0.4, -0.2) is 59.8 Å². The number of rotatable bonds is 17. The highest BCUT2D eigenvalue weighted by Crippen LogP contribution is 2.34. The van der Waals surface area contributed by atoms with Gasteiger partial charge in [-0.05, 0) is 86.6 Å². The molecule has 0 bridgehead atoms. The van der Waals surface area contributed by atoms with Crippen molar-refractivity contribution in [2.24, 2.45) is 20.5 Å². The zero-order valence-corrected chi connectivity index (χ0v) is 38.3. The molecular weight excluding hydrogens is 977 g/mol. The van der Waals surface area contributed by atoms with Crippen molar-refractivity contribution in [3.63, 3.8) is 0 Å². The lowest BCUT2D eigenvalue weighted by molar-refractivity contribution is -0.127. The molecule has 5 rings (SSSR count). The van der Waals surface area contributed by atoms with E-state index in [2.05, 4.69) is 41.7 Å². The van der Waals surface area contributed by atoms with Gasteiger partial charge in [0, 0.05) is 21.8 Å². The Bertz CT molecular complexity index is 2720. The van der Waals surface area contributed by atoms with Crippen LogP contribution in [-0.2, 0) is 19.2 Å². The number of benzene rings is 5. The van der Waals surface area contributed by atoms with Crippen molar-refractivity contribution in [1.82, 2.24) is 0 Å². The van der Waals surface area contributed by atoms with Gasteiger partial charge in [-0.1, -0.05) is 81.7 Å². The molecule has 0 aliphatic carbocycles. The normalized spacial score (nSPS) is 12.1. The number of anilines is 4. The summed E-state index contributed by atoms with van der Waals surface area (Å²) in [6, 6.07) is 18.4. The number of ketones is 2. The minimum atomic E-state index is -1.69. The SMILES string of the molecule is CC(=O)C(N=Nc1cccc(C(=O)Nc2cc(Cl)ccc2Cl)c1Cl)C(=O)Nc1ccc(NC(=O)C(N=Nc2cccc(C(=O)Nc3cc(Cl)ccc3Cl)c2Cl)C(C)=O)c(OCCCl)c1. The lowest BCUT2D eigenvalue weighted by Crippen LogP contribution is -2.32. The molecule has 15 nitrogen and oxygen atoms in total. The molecule has 22 heteroatoms. The van der Waals surface area contributed by atoms with Crippen molar-refractivity contribution in [3.05, 3.63) is 132 Å². The Kier molecular flexibility index (Phi) is 17.6. The van der Waals surface area contributed by atoms with Crippen LogP contribution >= 0.6 is 81.2 Å². The van der Waals surface area contributed by atoms with Crippen LogP contribution in [0.3, 0.4) is 0 Å². The second-order valence-electron chi connectivity index (χ2n) is 13.1. The van der Waals surface area contributed by atoms with Gasteiger partial charge >= 0.3 is 0 Å². The first kappa shape index (κ1) is 49.4. The molecule has 0 fully saturated rings. The zero-order valence-electron chi connectivity index (χ0n) is 33.0. The van der Waals surface area contributed by atoms with Gasteiger partial charge in [-0.25, -0.2) is 0 Å². The van der Waals surface area contributed by atoms with E-state index in [1.54, 1.807) is 12.1 Å². The van der Waals surface area contributed by atoms with E-state index in [1.807, 2.05) is 0 Å². The number of azo groups is 2. The number of hydrogen-bond acceptors (Lipinski definition) is 11. The number of amides is 4. The van der Waals surface area contributed by atoms with Gasteiger partial charge in [0.25, 0.3) is 23.6 Å². The van der Waals surface area contributed by atoms with E-state index in [-0.39, 0.29) is 83.6 Å². The summed E-state index contributed by atoms with van der Waals surface area (Å²) in [6.07, 6.45) is 0. The van der Waals surface area contributed by atoms with E-state index < -0.39 is 47.3 Å². The first-order chi connectivity index (χ1) is 30.5. The molecular formula is C42H31Cl7N8O7. The van der Waals surface area contributed by atoms with Crippen LogP contribution in [0.2, 0.25) is 30.1 Å². The van der Waals surface area contributed by atoms with E-state index in [4.69, 9.17) is 85.9 Å². The zero-order chi connectivity index (χ0) is 46.7. The molecule has 330 valence electrons. The highest BCUT2D eigenvalue weighted by molar-refractivity contribution is 6.39. The number of nitrogens with zero attached hydrogens (tertiary/aromatic N) is 4. The molecule has 4 N–H and O–H groups in total. The average Bonchev–Trinajstić information content (AvgIpc) is 3.24. The Morgan fingerprint density at radius 2 is 1.03 bits per heavy atom. The van der Waals surface area contributed by atoms with Crippen LogP contribution in [0.4, 0.5) is 34.1 Å². The number of nitrogens with one attached hydrogen (secondary N) is 4. The monoisotopic (exact) mass is 1000 g/mol. The van der Waals surface area contributed by atoms with Crippen LogP contribution in [0, 0.1) is 0 Å². The second-order valence-corrected chi connectivity index (χ2v) is 15.9. The topological polar surface area (TPSA) is 209 Å². The number of hydrogen-bond donors (Lipinski definition) is 4. The van der Waals surface area contributed by atoms with Gasteiger partial charge in [-0.15, -0.1) is 11.6 Å². The Labute approximate surface area is 399 Å². The fourth-order valence-corrected chi connectivity index (χ4v) is 6.62. The average molecular weight is 1010 g/mol. The fraction of sp³-hybridized carbons (Fsp3) is 0.143. The van der Waals surface area contributed by atoms with Crippen molar-refractivity contribution in [3.8, 4) is 5.75 Å². The summed E-state index contributed by atoms with van der Waals surface area (Å²) >= 11 is 43.3. The minimum Gasteiger partial charge on any atom is -0.490 e. The molecule has 0 aliphatic heterocycles. The summed E-state index contributed by atoms with van der Waals surface area (Å²) in [5, 5.41) is 27.1. The highest BCUT2D eigenvalue weighted by Gasteiger charge is 2.27.